The Hall–Kier alpha value is -1.88. The summed E-state index contributed by atoms with van der Waals surface area (Å²) in [5, 5.41) is 5.06. The van der Waals surface area contributed by atoms with E-state index in [9.17, 15) is 4.79 Å². The second-order valence-corrected chi connectivity index (χ2v) is 6.79. The van der Waals surface area contributed by atoms with E-state index in [1.807, 2.05) is 24.3 Å². The van der Waals surface area contributed by atoms with Gasteiger partial charge < -0.3 is 14.3 Å². The quantitative estimate of drug-likeness (QED) is 0.873. The van der Waals surface area contributed by atoms with Gasteiger partial charge in [0.05, 0.1) is 6.42 Å². The summed E-state index contributed by atoms with van der Waals surface area (Å²) < 4.78 is 5.33. The van der Waals surface area contributed by atoms with E-state index in [2.05, 4.69) is 22.0 Å². The summed E-state index contributed by atoms with van der Waals surface area (Å²) in [4.78, 5) is 17.4. The maximum Gasteiger partial charge on any atom is 0.229 e. The molecule has 1 aromatic carbocycles. The monoisotopic (exact) mass is 313 g/mol. The zero-order chi connectivity index (χ0) is 15.8. The van der Waals surface area contributed by atoms with Crippen molar-refractivity contribution in [1.82, 2.24) is 15.0 Å². The minimum Gasteiger partial charge on any atom is -0.356 e. The molecule has 0 aliphatic carbocycles. The highest BCUT2D eigenvalue weighted by atomic mass is 16.5. The van der Waals surface area contributed by atoms with Gasteiger partial charge >= 0.3 is 0 Å². The van der Waals surface area contributed by atoms with Crippen molar-refractivity contribution < 1.29 is 9.32 Å². The maximum absolute atomic E-state index is 12.9. The molecule has 0 saturated carbocycles. The Morgan fingerprint density at radius 1 is 1.22 bits per heavy atom. The molecule has 2 aromatic rings. The van der Waals surface area contributed by atoms with Crippen molar-refractivity contribution in [3.63, 3.8) is 0 Å². The first-order valence-corrected chi connectivity index (χ1v) is 8.57. The highest BCUT2D eigenvalue weighted by Gasteiger charge is 2.38. The Bertz CT molecular complexity index is 711. The molecule has 1 amide bonds. The van der Waals surface area contributed by atoms with Crippen LogP contribution in [0.2, 0.25) is 0 Å². The van der Waals surface area contributed by atoms with E-state index in [-0.39, 0.29) is 5.91 Å². The van der Waals surface area contributed by atoms with Gasteiger partial charge in [-0.2, -0.15) is 0 Å². The summed E-state index contributed by atoms with van der Waals surface area (Å²) in [5.74, 6) is 0.187. The number of para-hydroxylation sites is 1. The normalized spacial score (nSPS) is 25.5. The zero-order valence-corrected chi connectivity index (χ0v) is 13.6. The predicted octanol–water partition coefficient (Wildman–Crippen LogP) is 2.46. The Balaban J connectivity index is 1.52. The number of hydrogen-bond acceptors (Lipinski definition) is 4. The van der Waals surface area contributed by atoms with E-state index in [1.165, 1.54) is 12.8 Å². The first-order valence-electron chi connectivity index (χ1n) is 8.57. The molecule has 2 aliphatic rings. The van der Waals surface area contributed by atoms with Crippen LogP contribution < -0.4 is 0 Å². The molecule has 4 rings (SSSR count). The third-order valence-electron chi connectivity index (χ3n) is 5.41. The van der Waals surface area contributed by atoms with Crippen molar-refractivity contribution in [2.45, 2.75) is 44.2 Å². The molecular formula is C18H23N3O2. The van der Waals surface area contributed by atoms with E-state index in [1.54, 1.807) is 0 Å². The van der Waals surface area contributed by atoms with E-state index < -0.39 is 0 Å². The van der Waals surface area contributed by atoms with Gasteiger partial charge in [0.2, 0.25) is 5.91 Å². The largest absolute Gasteiger partial charge is 0.356 e. The molecule has 5 nitrogen and oxygen atoms in total. The van der Waals surface area contributed by atoms with Crippen LogP contribution in [-0.4, -0.2) is 53.1 Å². The molecule has 1 aromatic heterocycles. The zero-order valence-electron chi connectivity index (χ0n) is 13.6. The highest BCUT2D eigenvalue weighted by Crippen LogP contribution is 2.30. The molecule has 0 spiro atoms. The summed E-state index contributed by atoms with van der Waals surface area (Å²) in [6.07, 6.45) is 5.02. The fourth-order valence-corrected chi connectivity index (χ4v) is 4.23. The van der Waals surface area contributed by atoms with Gasteiger partial charge in [0.1, 0.15) is 5.69 Å². The molecule has 0 bridgehead atoms. The first-order chi connectivity index (χ1) is 11.2. The Labute approximate surface area is 136 Å². The molecule has 23 heavy (non-hydrogen) atoms. The van der Waals surface area contributed by atoms with Crippen molar-refractivity contribution in [3.8, 4) is 0 Å². The standard InChI is InChI=1S/C18H23N3O2/c1-20-10-4-7-15(20)16-8-5-11-21(16)18(22)12-14-13-6-2-3-9-17(13)23-19-14/h2-3,6,9,15-16H,4-5,7-8,10-12H2,1H3/t15-,16-/m0/s1. The number of aromatic nitrogens is 1. The number of fused-ring (bicyclic) bond motifs is 1. The van der Waals surface area contributed by atoms with Crippen LogP contribution in [0.25, 0.3) is 11.0 Å². The molecule has 2 fully saturated rings. The third kappa shape index (κ3) is 2.63. The molecular weight excluding hydrogens is 290 g/mol. The number of carbonyl (C=O) groups excluding carboxylic acids is 1. The second kappa shape index (κ2) is 5.96. The lowest BCUT2D eigenvalue weighted by Crippen LogP contribution is -2.47. The summed E-state index contributed by atoms with van der Waals surface area (Å²) in [7, 11) is 2.18. The van der Waals surface area contributed by atoms with Gasteiger partial charge in [0.25, 0.3) is 0 Å². The first kappa shape index (κ1) is 14.7. The van der Waals surface area contributed by atoms with Crippen molar-refractivity contribution in [3.05, 3.63) is 30.0 Å². The van der Waals surface area contributed by atoms with Crippen LogP contribution in [0.4, 0.5) is 0 Å². The minimum absolute atomic E-state index is 0.187. The summed E-state index contributed by atoms with van der Waals surface area (Å²) in [5.41, 5.74) is 1.51. The van der Waals surface area contributed by atoms with Gasteiger partial charge in [0.15, 0.2) is 5.58 Å². The smallest absolute Gasteiger partial charge is 0.229 e. The fourth-order valence-electron chi connectivity index (χ4n) is 4.23. The molecule has 2 saturated heterocycles. The Morgan fingerprint density at radius 2 is 2.00 bits per heavy atom. The molecule has 2 aliphatic heterocycles. The summed E-state index contributed by atoms with van der Waals surface area (Å²) in [6, 6.07) is 8.64. The van der Waals surface area contributed by atoms with Crippen molar-refractivity contribution in [1.29, 1.82) is 0 Å². The van der Waals surface area contributed by atoms with Crippen LogP contribution in [0.15, 0.2) is 28.8 Å². The van der Waals surface area contributed by atoms with Crippen molar-refractivity contribution >= 4 is 16.9 Å². The SMILES string of the molecule is CN1CCC[C@H]1[C@@H]1CCCN1C(=O)Cc1noc2ccccc12. The lowest BCUT2D eigenvalue weighted by molar-refractivity contribution is -0.132. The van der Waals surface area contributed by atoms with Gasteiger partial charge in [-0.25, -0.2) is 0 Å². The van der Waals surface area contributed by atoms with E-state index >= 15 is 0 Å². The van der Waals surface area contributed by atoms with Crippen LogP contribution >= 0.6 is 0 Å². The number of benzene rings is 1. The van der Waals surface area contributed by atoms with Crippen LogP contribution in [0.3, 0.4) is 0 Å². The lowest BCUT2D eigenvalue weighted by Gasteiger charge is -2.33. The van der Waals surface area contributed by atoms with E-state index in [0.29, 0.717) is 18.5 Å². The van der Waals surface area contributed by atoms with Gasteiger partial charge in [-0.3, -0.25) is 4.79 Å². The number of likely N-dealkylation sites (N-methyl/N-ethyl adjacent to an activating group) is 1. The average Bonchev–Trinajstić information content (AvgIpc) is 3.27. The van der Waals surface area contributed by atoms with E-state index in [4.69, 9.17) is 4.52 Å². The minimum atomic E-state index is 0.187. The van der Waals surface area contributed by atoms with Gasteiger partial charge in [-0.15, -0.1) is 0 Å². The second-order valence-electron chi connectivity index (χ2n) is 6.79. The Kier molecular flexibility index (Phi) is 3.81. The van der Waals surface area contributed by atoms with Crippen LogP contribution in [0, 0.1) is 0 Å². The molecule has 0 radical (unpaired) electrons. The molecule has 3 heterocycles. The van der Waals surface area contributed by atoms with Gasteiger partial charge in [-0.05, 0) is 51.4 Å². The van der Waals surface area contributed by atoms with Crippen LogP contribution in [0.5, 0.6) is 0 Å². The lowest BCUT2D eigenvalue weighted by atomic mass is 10.0. The molecule has 5 heteroatoms. The third-order valence-corrected chi connectivity index (χ3v) is 5.41. The number of likely N-dealkylation sites (tertiary alicyclic amines) is 2. The summed E-state index contributed by atoms with van der Waals surface area (Å²) in [6.45, 7) is 2.03. The maximum atomic E-state index is 12.9. The topological polar surface area (TPSA) is 49.6 Å². The number of carbonyl (C=O) groups is 1. The van der Waals surface area contributed by atoms with Crippen molar-refractivity contribution in [2.75, 3.05) is 20.1 Å². The summed E-state index contributed by atoms with van der Waals surface area (Å²) >= 11 is 0. The number of rotatable bonds is 3. The number of nitrogens with zero attached hydrogens (tertiary/aromatic N) is 3. The van der Waals surface area contributed by atoms with E-state index in [0.717, 1.165) is 42.6 Å². The highest BCUT2D eigenvalue weighted by molar-refractivity contribution is 5.86. The fraction of sp³-hybridized carbons (Fsp3) is 0.556. The Morgan fingerprint density at radius 3 is 2.83 bits per heavy atom. The van der Waals surface area contributed by atoms with Crippen LogP contribution in [0.1, 0.15) is 31.4 Å². The molecule has 2 atom stereocenters. The molecule has 122 valence electrons. The molecule has 0 unspecified atom stereocenters. The predicted molar refractivity (Wildman–Crippen MR) is 88.1 cm³/mol. The van der Waals surface area contributed by atoms with Crippen LogP contribution in [-0.2, 0) is 11.2 Å². The number of amides is 1. The van der Waals surface area contributed by atoms with Gasteiger partial charge in [-0.1, -0.05) is 17.3 Å². The van der Waals surface area contributed by atoms with Crippen molar-refractivity contribution in [2.24, 2.45) is 0 Å². The molecule has 0 N–H and O–H groups in total. The van der Waals surface area contributed by atoms with Gasteiger partial charge in [0, 0.05) is 24.0 Å². The number of hydrogen-bond donors (Lipinski definition) is 0. The average molecular weight is 313 g/mol.